The van der Waals surface area contributed by atoms with Gasteiger partial charge in [-0.1, -0.05) is 19.1 Å². The molecule has 0 saturated heterocycles. The molecule has 0 bridgehead atoms. The third-order valence-electron chi connectivity index (χ3n) is 2.17. The summed E-state index contributed by atoms with van der Waals surface area (Å²) >= 11 is 6.17. The van der Waals surface area contributed by atoms with Crippen LogP contribution in [0.3, 0.4) is 0 Å². The highest BCUT2D eigenvalue weighted by Gasteiger charge is 2.27. The first-order chi connectivity index (χ1) is 4.13. The molecule has 0 saturated carbocycles. The van der Waals surface area contributed by atoms with E-state index in [0.717, 1.165) is 12.8 Å². The van der Waals surface area contributed by atoms with Gasteiger partial charge in [0.05, 0.1) is 0 Å². The lowest BCUT2D eigenvalue weighted by Gasteiger charge is -2.29. The fourth-order valence-corrected chi connectivity index (χ4v) is 1.28. The van der Waals surface area contributed by atoms with Crippen LogP contribution >= 0.6 is 11.6 Å². The summed E-state index contributed by atoms with van der Waals surface area (Å²) in [5, 5.41) is 0. The summed E-state index contributed by atoms with van der Waals surface area (Å²) in [6, 6.07) is 0. The van der Waals surface area contributed by atoms with Crippen LogP contribution in [-0.2, 0) is 0 Å². The molecule has 0 amide bonds. The van der Waals surface area contributed by atoms with E-state index in [9.17, 15) is 0 Å². The fraction of sp³-hybridized carbons (Fsp3) is 0.750. The van der Waals surface area contributed by atoms with Crippen molar-refractivity contribution < 1.29 is 0 Å². The van der Waals surface area contributed by atoms with Gasteiger partial charge in [0.2, 0.25) is 0 Å². The molecule has 0 aliphatic heterocycles. The third kappa shape index (κ3) is 1.48. The molecule has 2 atom stereocenters. The van der Waals surface area contributed by atoms with Crippen LogP contribution in [0.25, 0.3) is 0 Å². The number of halogens is 1. The number of hydrogen-bond donors (Lipinski definition) is 0. The molecule has 0 N–H and O–H groups in total. The summed E-state index contributed by atoms with van der Waals surface area (Å²) in [7, 11) is 0. The van der Waals surface area contributed by atoms with Crippen LogP contribution in [-0.4, -0.2) is 4.87 Å². The Morgan fingerprint density at radius 3 is 2.67 bits per heavy atom. The van der Waals surface area contributed by atoms with Gasteiger partial charge in [-0.25, -0.2) is 0 Å². The van der Waals surface area contributed by atoms with E-state index < -0.39 is 0 Å². The van der Waals surface area contributed by atoms with E-state index in [1.807, 2.05) is 0 Å². The van der Waals surface area contributed by atoms with Gasteiger partial charge in [-0.2, -0.15) is 0 Å². The molecule has 1 rings (SSSR count). The van der Waals surface area contributed by atoms with Crippen molar-refractivity contribution in [1.29, 1.82) is 0 Å². The van der Waals surface area contributed by atoms with Crippen molar-refractivity contribution in [3.63, 3.8) is 0 Å². The first kappa shape index (κ1) is 7.14. The highest BCUT2D eigenvalue weighted by atomic mass is 35.5. The fourth-order valence-electron chi connectivity index (χ4n) is 1.09. The zero-order chi connectivity index (χ0) is 6.91. The first-order valence-electron chi connectivity index (χ1n) is 3.48. The Labute approximate surface area is 61.9 Å². The summed E-state index contributed by atoms with van der Waals surface area (Å²) in [5.74, 6) is 0.535. The van der Waals surface area contributed by atoms with E-state index in [2.05, 4.69) is 26.0 Å². The normalized spacial score (nSPS) is 43.2. The molecule has 1 heteroatoms. The van der Waals surface area contributed by atoms with Gasteiger partial charge in [0, 0.05) is 4.87 Å². The monoisotopic (exact) mass is 144 g/mol. The maximum absolute atomic E-state index is 6.17. The molecule has 52 valence electrons. The van der Waals surface area contributed by atoms with Crippen molar-refractivity contribution in [1.82, 2.24) is 0 Å². The van der Waals surface area contributed by atoms with Gasteiger partial charge in [0.1, 0.15) is 0 Å². The summed E-state index contributed by atoms with van der Waals surface area (Å²) < 4.78 is 0. The van der Waals surface area contributed by atoms with Crippen LogP contribution in [0.1, 0.15) is 26.7 Å². The van der Waals surface area contributed by atoms with Crippen molar-refractivity contribution in [2.24, 2.45) is 5.92 Å². The van der Waals surface area contributed by atoms with Crippen LogP contribution in [0, 0.1) is 5.92 Å². The average molecular weight is 145 g/mol. The minimum atomic E-state index is 0.0226. The summed E-state index contributed by atoms with van der Waals surface area (Å²) in [6.45, 7) is 4.28. The maximum Gasteiger partial charge on any atom is 0.0481 e. The van der Waals surface area contributed by atoms with E-state index in [4.69, 9.17) is 11.6 Å². The van der Waals surface area contributed by atoms with Crippen molar-refractivity contribution >= 4 is 11.6 Å². The van der Waals surface area contributed by atoms with E-state index in [0.29, 0.717) is 5.92 Å². The summed E-state index contributed by atoms with van der Waals surface area (Å²) in [5.41, 5.74) is 0. The van der Waals surface area contributed by atoms with Crippen molar-refractivity contribution in [3.8, 4) is 0 Å². The van der Waals surface area contributed by atoms with Crippen molar-refractivity contribution in [2.75, 3.05) is 0 Å². The number of alkyl halides is 1. The highest BCUT2D eigenvalue weighted by molar-refractivity contribution is 6.24. The quantitative estimate of drug-likeness (QED) is 0.362. The lowest BCUT2D eigenvalue weighted by Crippen LogP contribution is -2.26. The molecule has 1 aliphatic rings. The molecule has 0 heterocycles. The van der Waals surface area contributed by atoms with Crippen molar-refractivity contribution in [2.45, 2.75) is 31.6 Å². The van der Waals surface area contributed by atoms with Gasteiger partial charge < -0.3 is 0 Å². The minimum absolute atomic E-state index is 0.0226. The molecule has 0 nitrogen and oxygen atoms in total. The van der Waals surface area contributed by atoms with Gasteiger partial charge in [-0.15, -0.1) is 11.6 Å². The number of rotatable bonds is 0. The van der Waals surface area contributed by atoms with E-state index in [1.165, 1.54) is 0 Å². The van der Waals surface area contributed by atoms with E-state index in [1.54, 1.807) is 0 Å². The Bertz CT molecular complexity index is 125. The molecule has 9 heavy (non-hydrogen) atoms. The molecule has 0 spiro atoms. The summed E-state index contributed by atoms with van der Waals surface area (Å²) in [4.78, 5) is 0.0226. The van der Waals surface area contributed by atoms with Crippen LogP contribution in [0.4, 0.5) is 0 Å². The van der Waals surface area contributed by atoms with Gasteiger partial charge in [-0.05, 0) is 25.7 Å². The molecule has 2 unspecified atom stereocenters. The van der Waals surface area contributed by atoms with E-state index in [-0.39, 0.29) is 4.87 Å². The predicted molar refractivity (Wildman–Crippen MR) is 41.8 cm³/mol. The van der Waals surface area contributed by atoms with Crippen LogP contribution in [0.5, 0.6) is 0 Å². The molecular formula is C8H13Cl. The third-order valence-corrected chi connectivity index (χ3v) is 2.71. The molecule has 1 aliphatic carbocycles. The van der Waals surface area contributed by atoms with Gasteiger partial charge in [0.15, 0.2) is 0 Å². The molecule has 0 fully saturated rings. The maximum atomic E-state index is 6.17. The Morgan fingerprint density at radius 1 is 1.67 bits per heavy atom. The molecule has 0 aromatic rings. The SMILES string of the molecule is CC1C=CCCC1(C)Cl. The summed E-state index contributed by atoms with van der Waals surface area (Å²) in [6.07, 6.45) is 6.68. The minimum Gasteiger partial charge on any atom is -0.119 e. The lowest BCUT2D eigenvalue weighted by atomic mass is 9.86. The van der Waals surface area contributed by atoms with Gasteiger partial charge in [-0.3, -0.25) is 0 Å². The van der Waals surface area contributed by atoms with E-state index >= 15 is 0 Å². The molecule has 0 aromatic heterocycles. The Morgan fingerprint density at radius 2 is 2.33 bits per heavy atom. The van der Waals surface area contributed by atoms with Crippen molar-refractivity contribution in [3.05, 3.63) is 12.2 Å². The molecule has 0 aromatic carbocycles. The second-order valence-corrected chi connectivity index (χ2v) is 3.90. The Balaban J connectivity index is 2.66. The second kappa shape index (κ2) is 2.34. The topological polar surface area (TPSA) is 0 Å². The first-order valence-corrected chi connectivity index (χ1v) is 3.86. The predicted octanol–water partition coefficient (Wildman–Crippen LogP) is 2.97. The lowest BCUT2D eigenvalue weighted by molar-refractivity contribution is 0.451. The van der Waals surface area contributed by atoms with Crippen LogP contribution in [0.15, 0.2) is 12.2 Å². The second-order valence-electron chi connectivity index (χ2n) is 3.03. The smallest absolute Gasteiger partial charge is 0.0481 e. The zero-order valence-electron chi connectivity index (χ0n) is 6.02. The van der Waals surface area contributed by atoms with Crippen LogP contribution < -0.4 is 0 Å². The Kier molecular flexibility index (Phi) is 1.85. The standard InChI is InChI=1S/C8H13Cl/c1-7-5-3-4-6-8(7,2)9/h3,5,7H,4,6H2,1-2H3. The number of hydrogen-bond acceptors (Lipinski definition) is 0. The number of allylic oxidation sites excluding steroid dienone is 2. The molecular weight excluding hydrogens is 132 g/mol. The largest absolute Gasteiger partial charge is 0.119 e. The molecule has 0 radical (unpaired) electrons. The van der Waals surface area contributed by atoms with Gasteiger partial charge >= 0.3 is 0 Å². The Hall–Kier alpha value is 0.0300. The van der Waals surface area contributed by atoms with Gasteiger partial charge in [0.25, 0.3) is 0 Å². The highest BCUT2D eigenvalue weighted by Crippen LogP contribution is 2.34. The average Bonchev–Trinajstić information content (AvgIpc) is 1.77. The van der Waals surface area contributed by atoms with Crippen LogP contribution in [0.2, 0.25) is 0 Å². The zero-order valence-corrected chi connectivity index (χ0v) is 6.78.